The number of hydrogen-bond acceptors (Lipinski definition) is 4. The van der Waals surface area contributed by atoms with Crippen molar-refractivity contribution in [2.75, 3.05) is 10.6 Å². The summed E-state index contributed by atoms with van der Waals surface area (Å²) in [6.45, 7) is 3.86. The number of hydrogen-bond donors (Lipinski definition) is 2. The van der Waals surface area contributed by atoms with Gasteiger partial charge in [-0.05, 0) is 61.2 Å². The van der Waals surface area contributed by atoms with Crippen LogP contribution in [0.4, 0.5) is 11.4 Å². The Balaban J connectivity index is 1.61. The first-order valence-corrected chi connectivity index (χ1v) is 10.3. The van der Waals surface area contributed by atoms with Crippen LogP contribution in [-0.2, 0) is 4.79 Å². The molecule has 138 valence electrons. The first-order valence-electron chi connectivity index (χ1n) is 8.50. The Morgan fingerprint density at radius 3 is 2.41 bits per heavy atom. The highest BCUT2D eigenvalue weighted by Gasteiger charge is 2.15. The van der Waals surface area contributed by atoms with E-state index in [0.717, 1.165) is 16.1 Å². The Hall–Kier alpha value is -2.57. The molecule has 0 aliphatic heterocycles. The van der Waals surface area contributed by atoms with Gasteiger partial charge in [0.05, 0.1) is 10.1 Å². The molecule has 0 saturated carbocycles. The summed E-state index contributed by atoms with van der Waals surface area (Å²) in [6, 6.07) is 18.9. The fraction of sp³-hybridized carbons (Fsp3) is 0.143. The Labute approximate surface area is 167 Å². The van der Waals surface area contributed by atoms with Gasteiger partial charge in [0.15, 0.2) is 0 Å². The summed E-state index contributed by atoms with van der Waals surface area (Å²) in [6.07, 6.45) is 0. The molecule has 0 spiro atoms. The zero-order valence-corrected chi connectivity index (χ0v) is 16.7. The van der Waals surface area contributed by atoms with Crippen LogP contribution in [0.25, 0.3) is 0 Å². The zero-order valence-electron chi connectivity index (χ0n) is 15.1. The second kappa shape index (κ2) is 8.88. The molecule has 6 heteroatoms. The van der Waals surface area contributed by atoms with Crippen molar-refractivity contribution < 1.29 is 9.59 Å². The van der Waals surface area contributed by atoms with Crippen LogP contribution >= 0.6 is 23.1 Å². The number of rotatable bonds is 6. The van der Waals surface area contributed by atoms with E-state index in [1.807, 2.05) is 73.8 Å². The molecule has 3 rings (SSSR count). The van der Waals surface area contributed by atoms with Gasteiger partial charge in [0.2, 0.25) is 5.91 Å². The van der Waals surface area contributed by atoms with Crippen LogP contribution in [0, 0.1) is 6.92 Å². The number of thiophene rings is 1. The Bertz CT molecular complexity index is 939. The molecular formula is C21H20N2O2S2. The Kier molecular flexibility index (Phi) is 6.32. The molecule has 0 radical (unpaired) electrons. The monoisotopic (exact) mass is 396 g/mol. The molecule has 0 saturated heterocycles. The van der Waals surface area contributed by atoms with E-state index >= 15 is 0 Å². The lowest BCUT2D eigenvalue weighted by Crippen LogP contribution is -2.22. The SMILES string of the molecule is Cc1cccc(NC(=O)C(C)Sc2cccc(NC(=O)c3cccs3)c2)c1. The molecule has 1 heterocycles. The Morgan fingerprint density at radius 2 is 1.70 bits per heavy atom. The molecule has 2 amide bonds. The summed E-state index contributed by atoms with van der Waals surface area (Å²) in [5.41, 5.74) is 2.61. The van der Waals surface area contributed by atoms with Gasteiger partial charge in [0.1, 0.15) is 0 Å². The molecule has 2 aromatic carbocycles. The van der Waals surface area contributed by atoms with Crippen LogP contribution < -0.4 is 10.6 Å². The maximum atomic E-state index is 12.4. The number of benzene rings is 2. The third-order valence-electron chi connectivity index (χ3n) is 3.80. The largest absolute Gasteiger partial charge is 0.325 e. The van der Waals surface area contributed by atoms with E-state index in [9.17, 15) is 9.59 Å². The highest BCUT2D eigenvalue weighted by Crippen LogP contribution is 2.27. The molecule has 0 aliphatic rings. The molecule has 4 nitrogen and oxygen atoms in total. The average Bonchev–Trinajstić information content (AvgIpc) is 3.17. The van der Waals surface area contributed by atoms with Gasteiger partial charge >= 0.3 is 0 Å². The standard InChI is InChI=1S/C21H20N2O2S2/c1-14-6-3-7-16(12-14)22-20(24)15(2)27-18-9-4-8-17(13-18)23-21(25)19-10-5-11-26-19/h3-13,15H,1-2H3,(H,22,24)(H,23,25). The molecule has 1 unspecified atom stereocenters. The van der Waals surface area contributed by atoms with Crippen LogP contribution in [0.5, 0.6) is 0 Å². The minimum atomic E-state index is -0.270. The first kappa shape index (κ1) is 19.2. The molecule has 2 N–H and O–H groups in total. The summed E-state index contributed by atoms with van der Waals surface area (Å²) >= 11 is 2.85. The van der Waals surface area contributed by atoms with E-state index in [0.29, 0.717) is 10.6 Å². The average molecular weight is 397 g/mol. The topological polar surface area (TPSA) is 58.2 Å². The van der Waals surface area contributed by atoms with E-state index in [4.69, 9.17) is 0 Å². The Morgan fingerprint density at radius 1 is 0.963 bits per heavy atom. The van der Waals surface area contributed by atoms with Gasteiger partial charge in [-0.3, -0.25) is 9.59 Å². The van der Waals surface area contributed by atoms with Gasteiger partial charge in [-0.15, -0.1) is 23.1 Å². The lowest BCUT2D eigenvalue weighted by atomic mass is 10.2. The first-order chi connectivity index (χ1) is 13.0. The number of anilines is 2. The number of carbonyl (C=O) groups excluding carboxylic acids is 2. The number of carbonyl (C=O) groups is 2. The quantitative estimate of drug-likeness (QED) is 0.546. The summed E-state index contributed by atoms with van der Waals surface area (Å²) < 4.78 is 0. The second-order valence-electron chi connectivity index (χ2n) is 6.08. The number of nitrogens with one attached hydrogen (secondary N) is 2. The molecule has 3 aromatic rings. The fourth-order valence-corrected chi connectivity index (χ4v) is 4.02. The van der Waals surface area contributed by atoms with Gasteiger partial charge in [-0.25, -0.2) is 0 Å². The predicted molar refractivity (Wildman–Crippen MR) is 114 cm³/mol. The van der Waals surface area contributed by atoms with Crippen molar-refractivity contribution in [3.8, 4) is 0 Å². The van der Waals surface area contributed by atoms with Gasteiger partial charge < -0.3 is 10.6 Å². The van der Waals surface area contributed by atoms with Crippen molar-refractivity contribution in [1.82, 2.24) is 0 Å². The maximum absolute atomic E-state index is 12.4. The van der Waals surface area contributed by atoms with Crippen LogP contribution in [0.15, 0.2) is 70.9 Å². The minimum absolute atomic E-state index is 0.0568. The smallest absolute Gasteiger partial charge is 0.265 e. The number of aryl methyl sites for hydroxylation is 1. The number of amides is 2. The molecule has 1 aromatic heterocycles. The van der Waals surface area contributed by atoms with Gasteiger partial charge in [-0.2, -0.15) is 0 Å². The van der Waals surface area contributed by atoms with E-state index in [-0.39, 0.29) is 17.1 Å². The summed E-state index contributed by atoms with van der Waals surface area (Å²) in [7, 11) is 0. The molecule has 27 heavy (non-hydrogen) atoms. The normalized spacial score (nSPS) is 11.6. The third kappa shape index (κ3) is 5.45. The summed E-state index contributed by atoms with van der Waals surface area (Å²) in [4.78, 5) is 26.2. The summed E-state index contributed by atoms with van der Waals surface area (Å²) in [5, 5.41) is 7.43. The lowest BCUT2D eigenvalue weighted by Gasteiger charge is -2.13. The fourth-order valence-electron chi connectivity index (χ4n) is 2.47. The van der Waals surface area contributed by atoms with Crippen molar-refractivity contribution in [2.24, 2.45) is 0 Å². The van der Waals surface area contributed by atoms with Gasteiger partial charge in [0.25, 0.3) is 5.91 Å². The van der Waals surface area contributed by atoms with Crippen molar-refractivity contribution in [3.63, 3.8) is 0 Å². The lowest BCUT2D eigenvalue weighted by molar-refractivity contribution is -0.115. The molecule has 1 atom stereocenters. The number of thioether (sulfide) groups is 1. The molecule has 0 aliphatic carbocycles. The van der Waals surface area contributed by atoms with Crippen molar-refractivity contribution in [1.29, 1.82) is 0 Å². The zero-order chi connectivity index (χ0) is 19.2. The van der Waals surface area contributed by atoms with E-state index in [1.54, 1.807) is 6.07 Å². The van der Waals surface area contributed by atoms with Crippen LogP contribution in [0.2, 0.25) is 0 Å². The van der Waals surface area contributed by atoms with Gasteiger partial charge in [-0.1, -0.05) is 24.3 Å². The summed E-state index contributed by atoms with van der Waals surface area (Å²) in [5.74, 6) is -0.184. The van der Waals surface area contributed by atoms with E-state index in [1.165, 1.54) is 23.1 Å². The predicted octanol–water partition coefficient (Wildman–Crippen LogP) is 5.43. The van der Waals surface area contributed by atoms with Crippen LogP contribution in [0.1, 0.15) is 22.2 Å². The minimum Gasteiger partial charge on any atom is -0.325 e. The maximum Gasteiger partial charge on any atom is 0.265 e. The highest BCUT2D eigenvalue weighted by molar-refractivity contribution is 8.00. The third-order valence-corrected chi connectivity index (χ3v) is 5.77. The van der Waals surface area contributed by atoms with E-state index in [2.05, 4.69) is 10.6 Å². The molecular weight excluding hydrogens is 376 g/mol. The van der Waals surface area contributed by atoms with Crippen LogP contribution in [-0.4, -0.2) is 17.1 Å². The van der Waals surface area contributed by atoms with Crippen molar-refractivity contribution in [3.05, 3.63) is 76.5 Å². The highest BCUT2D eigenvalue weighted by atomic mass is 32.2. The van der Waals surface area contributed by atoms with Crippen molar-refractivity contribution >= 4 is 46.3 Å². The van der Waals surface area contributed by atoms with Gasteiger partial charge in [0, 0.05) is 16.3 Å². The molecule has 0 fully saturated rings. The van der Waals surface area contributed by atoms with Crippen molar-refractivity contribution in [2.45, 2.75) is 24.0 Å². The molecule has 0 bridgehead atoms. The van der Waals surface area contributed by atoms with E-state index < -0.39 is 0 Å². The second-order valence-corrected chi connectivity index (χ2v) is 8.44. The van der Waals surface area contributed by atoms with Crippen LogP contribution in [0.3, 0.4) is 0 Å².